The maximum atomic E-state index is 4.67. The molecule has 0 saturated heterocycles. The SMILES string of the molecule is CCCNc1cc(C(C)C)nc(-c2sccc2Br)n1. The molecule has 102 valence electrons. The Balaban J connectivity index is 2.42. The molecule has 0 unspecified atom stereocenters. The van der Waals surface area contributed by atoms with Gasteiger partial charge in [-0.1, -0.05) is 20.8 Å². The van der Waals surface area contributed by atoms with Crippen molar-refractivity contribution >= 4 is 33.1 Å². The lowest BCUT2D eigenvalue weighted by atomic mass is 10.1. The van der Waals surface area contributed by atoms with E-state index in [2.05, 4.69) is 52.0 Å². The quantitative estimate of drug-likeness (QED) is 0.840. The molecule has 2 heterocycles. The highest BCUT2D eigenvalue weighted by atomic mass is 79.9. The van der Waals surface area contributed by atoms with Crippen LogP contribution in [0.2, 0.25) is 0 Å². The summed E-state index contributed by atoms with van der Waals surface area (Å²) < 4.78 is 1.06. The lowest BCUT2D eigenvalue weighted by molar-refractivity contribution is 0.816. The highest BCUT2D eigenvalue weighted by Crippen LogP contribution is 2.32. The maximum absolute atomic E-state index is 4.67. The van der Waals surface area contributed by atoms with Gasteiger partial charge in [-0.3, -0.25) is 0 Å². The Hall–Kier alpha value is -0.940. The van der Waals surface area contributed by atoms with Gasteiger partial charge in [0.15, 0.2) is 5.82 Å². The third-order valence-electron chi connectivity index (χ3n) is 2.71. The van der Waals surface area contributed by atoms with Crippen molar-refractivity contribution in [3.05, 3.63) is 27.7 Å². The summed E-state index contributed by atoms with van der Waals surface area (Å²) in [4.78, 5) is 10.4. The molecule has 5 heteroatoms. The molecule has 1 N–H and O–H groups in total. The first-order chi connectivity index (χ1) is 9.11. The van der Waals surface area contributed by atoms with Crippen molar-refractivity contribution in [1.29, 1.82) is 0 Å². The van der Waals surface area contributed by atoms with Gasteiger partial charge in [-0.05, 0) is 39.7 Å². The molecule has 0 aliphatic rings. The van der Waals surface area contributed by atoms with E-state index in [1.807, 2.05) is 17.5 Å². The third kappa shape index (κ3) is 3.54. The molecule has 0 atom stereocenters. The monoisotopic (exact) mass is 339 g/mol. The standard InChI is InChI=1S/C14H18BrN3S/c1-4-6-16-12-8-11(9(2)3)17-14(18-12)13-10(15)5-7-19-13/h5,7-9H,4,6H2,1-3H3,(H,16,17,18). The van der Waals surface area contributed by atoms with Crippen molar-refractivity contribution < 1.29 is 0 Å². The van der Waals surface area contributed by atoms with Gasteiger partial charge >= 0.3 is 0 Å². The molecule has 2 rings (SSSR count). The van der Waals surface area contributed by atoms with Crippen molar-refractivity contribution in [2.24, 2.45) is 0 Å². The predicted molar refractivity (Wildman–Crippen MR) is 85.9 cm³/mol. The number of thiophene rings is 1. The molecule has 0 aliphatic carbocycles. The molecule has 0 aromatic carbocycles. The number of hydrogen-bond acceptors (Lipinski definition) is 4. The van der Waals surface area contributed by atoms with E-state index in [1.54, 1.807) is 11.3 Å². The molecular weight excluding hydrogens is 322 g/mol. The van der Waals surface area contributed by atoms with Crippen LogP contribution in [0, 0.1) is 0 Å². The van der Waals surface area contributed by atoms with Gasteiger partial charge in [0.2, 0.25) is 0 Å². The van der Waals surface area contributed by atoms with Crippen LogP contribution in [0.5, 0.6) is 0 Å². The first-order valence-corrected chi connectivity index (χ1v) is 8.15. The first-order valence-electron chi connectivity index (χ1n) is 6.48. The Labute approximate surface area is 126 Å². The third-order valence-corrected chi connectivity index (χ3v) is 4.55. The van der Waals surface area contributed by atoms with Crippen LogP contribution >= 0.6 is 27.3 Å². The molecule has 3 nitrogen and oxygen atoms in total. The van der Waals surface area contributed by atoms with Gasteiger partial charge in [-0.15, -0.1) is 11.3 Å². The fourth-order valence-corrected chi connectivity index (χ4v) is 3.14. The van der Waals surface area contributed by atoms with Gasteiger partial charge in [0.1, 0.15) is 5.82 Å². The molecule has 2 aromatic heterocycles. The minimum absolute atomic E-state index is 0.391. The Morgan fingerprint density at radius 3 is 2.74 bits per heavy atom. The molecule has 0 spiro atoms. The molecule has 0 bridgehead atoms. The molecule has 2 aromatic rings. The van der Waals surface area contributed by atoms with Crippen molar-refractivity contribution in [2.75, 3.05) is 11.9 Å². The van der Waals surface area contributed by atoms with Crippen molar-refractivity contribution in [3.8, 4) is 10.7 Å². The molecule has 19 heavy (non-hydrogen) atoms. The number of nitrogens with one attached hydrogen (secondary N) is 1. The second-order valence-corrected chi connectivity index (χ2v) is 6.45. The van der Waals surface area contributed by atoms with Gasteiger partial charge in [-0.2, -0.15) is 0 Å². The van der Waals surface area contributed by atoms with E-state index in [0.29, 0.717) is 5.92 Å². The molecule has 0 radical (unpaired) electrons. The van der Waals surface area contributed by atoms with E-state index in [0.717, 1.165) is 39.7 Å². The minimum Gasteiger partial charge on any atom is -0.370 e. The number of anilines is 1. The summed E-state index contributed by atoms with van der Waals surface area (Å²) in [5.74, 6) is 2.10. The summed E-state index contributed by atoms with van der Waals surface area (Å²) >= 11 is 5.21. The van der Waals surface area contributed by atoms with Gasteiger partial charge in [-0.25, -0.2) is 9.97 Å². The maximum Gasteiger partial charge on any atom is 0.173 e. The van der Waals surface area contributed by atoms with E-state index >= 15 is 0 Å². The highest BCUT2D eigenvalue weighted by molar-refractivity contribution is 9.10. The number of halogens is 1. The zero-order valence-corrected chi connectivity index (χ0v) is 13.8. The lowest BCUT2D eigenvalue weighted by Gasteiger charge is -2.11. The van der Waals surface area contributed by atoms with Crippen LogP contribution in [-0.4, -0.2) is 16.5 Å². The van der Waals surface area contributed by atoms with Crippen molar-refractivity contribution in [3.63, 3.8) is 0 Å². The normalized spacial score (nSPS) is 11.0. The van der Waals surface area contributed by atoms with E-state index in [-0.39, 0.29) is 0 Å². The van der Waals surface area contributed by atoms with Crippen LogP contribution in [0.1, 0.15) is 38.8 Å². The Bertz CT molecular complexity index is 551. The number of nitrogens with zero attached hydrogens (tertiary/aromatic N) is 2. The summed E-state index contributed by atoms with van der Waals surface area (Å²) in [5.41, 5.74) is 1.07. The Morgan fingerprint density at radius 2 is 2.16 bits per heavy atom. The number of hydrogen-bond donors (Lipinski definition) is 1. The highest BCUT2D eigenvalue weighted by Gasteiger charge is 2.12. The van der Waals surface area contributed by atoms with Crippen LogP contribution in [0.15, 0.2) is 22.0 Å². The minimum atomic E-state index is 0.391. The molecule has 0 amide bonds. The summed E-state index contributed by atoms with van der Waals surface area (Å²) in [6.07, 6.45) is 1.08. The van der Waals surface area contributed by atoms with Gasteiger partial charge in [0.25, 0.3) is 0 Å². The fourth-order valence-electron chi connectivity index (χ4n) is 1.66. The van der Waals surface area contributed by atoms with Crippen molar-refractivity contribution in [1.82, 2.24) is 9.97 Å². The second-order valence-electron chi connectivity index (χ2n) is 4.68. The van der Waals surface area contributed by atoms with Gasteiger partial charge in [0.05, 0.1) is 4.88 Å². The van der Waals surface area contributed by atoms with Crippen LogP contribution in [0.4, 0.5) is 5.82 Å². The average molecular weight is 340 g/mol. The van der Waals surface area contributed by atoms with E-state index in [9.17, 15) is 0 Å². The Kier molecular flexibility index (Phi) is 4.93. The van der Waals surface area contributed by atoms with Crippen molar-refractivity contribution in [2.45, 2.75) is 33.1 Å². The predicted octanol–water partition coefficient (Wildman–Crippen LogP) is 4.91. The molecule has 0 fully saturated rings. The summed E-state index contributed by atoms with van der Waals surface area (Å²) in [6, 6.07) is 4.08. The fraction of sp³-hybridized carbons (Fsp3) is 0.429. The van der Waals surface area contributed by atoms with E-state index in [4.69, 9.17) is 0 Å². The summed E-state index contributed by atoms with van der Waals surface area (Å²) in [6.45, 7) is 7.38. The van der Waals surface area contributed by atoms with Crippen LogP contribution in [-0.2, 0) is 0 Å². The smallest absolute Gasteiger partial charge is 0.173 e. The molecule has 0 aliphatic heterocycles. The first kappa shape index (κ1) is 14.5. The zero-order valence-electron chi connectivity index (χ0n) is 11.4. The van der Waals surface area contributed by atoms with Crippen LogP contribution in [0.3, 0.4) is 0 Å². The van der Waals surface area contributed by atoms with E-state index < -0.39 is 0 Å². The van der Waals surface area contributed by atoms with Gasteiger partial charge < -0.3 is 5.32 Å². The second kappa shape index (κ2) is 6.48. The number of rotatable bonds is 5. The summed E-state index contributed by atoms with van der Waals surface area (Å²) in [5, 5.41) is 5.40. The lowest BCUT2D eigenvalue weighted by Crippen LogP contribution is -2.06. The van der Waals surface area contributed by atoms with Crippen LogP contribution < -0.4 is 5.32 Å². The zero-order chi connectivity index (χ0) is 13.8. The molecule has 0 saturated carbocycles. The largest absolute Gasteiger partial charge is 0.370 e. The average Bonchev–Trinajstić information content (AvgIpc) is 2.82. The topological polar surface area (TPSA) is 37.8 Å². The van der Waals surface area contributed by atoms with E-state index in [1.165, 1.54) is 0 Å². The molecular formula is C14H18BrN3S. The van der Waals surface area contributed by atoms with Crippen LogP contribution in [0.25, 0.3) is 10.7 Å². The van der Waals surface area contributed by atoms with Gasteiger partial charge in [0, 0.05) is 22.8 Å². The summed E-state index contributed by atoms with van der Waals surface area (Å²) in [7, 11) is 0. The number of aromatic nitrogens is 2. The Morgan fingerprint density at radius 1 is 1.37 bits per heavy atom.